The van der Waals surface area contributed by atoms with Crippen LogP contribution in [0.5, 0.6) is 0 Å². The molecule has 0 aliphatic carbocycles. The number of benzene rings is 8. The number of rotatable bonds is 9. The Hall–Kier alpha value is -8.09. The first-order valence-corrected chi connectivity index (χ1v) is 20.0. The van der Waals surface area contributed by atoms with Crippen molar-refractivity contribution < 1.29 is 0 Å². The van der Waals surface area contributed by atoms with Crippen LogP contribution in [0.3, 0.4) is 0 Å². The Kier molecular flexibility index (Phi) is 9.92. The maximum absolute atomic E-state index is 5.21. The fourth-order valence-electron chi connectivity index (χ4n) is 7.51. The maximum atomic E-state index is 5.21. The molecule has 0 bridgehead atoms. The van der Waals surface area contributed by atoms with Gasteiger partial charge in [0.2, 0.25) is 0 Å². The third-order valence-corrected chi connectivity index (χ3v) is 10.6. The second-order valence-electron chi connectivity index (χ2n) is 14.6. The Morgan fingerprint density at radius 2 is 0.700 bits per heavy atom. The minimum Gasteiger partial charge on any atom is -0.344 e. The lowest BCUT2D eigenvalue weighted by Crippen LogP contribution is -2.33. The predicted molar refractivity (Wildman–Crippen MR) is 244 cm³/mol. The van der Waals surface area contributed by atoms with Gasteiger partial charge in [-0.1, -0.05) is 188 Å². The van der Waals surface area contributed by atoms with E-state index in [1.165, 1.54) is 0 Å². The molecule has 1 aromatic heterocycles. The molecule has 9 aromatic rings. The second-order valence-corrected chi connectivity index (χ2v) is 14.6. The maximum Gasteiger partial charge on any atom is 0.164 e. The summed E-state index contributed by atoms with van der Waals surface area (Å²) in [5.41, 5.74) is 12.2. The average Bonchev–Trinajstić information content (AvgIpc) is 3.35. The number of hydrogen-bond acceptors (Lipinski definition) is 6. The van der Waals surface area contributed by atoms with Crippen LogP contribution in [0.15, 0.2) is 228 Å². The van der Waals surface area contributed by atoms with Gasteiger partial charge in [-0.3, -0.25) is 0 Å². The summed E-state index contributed by atoms with van der Waals surface area (Å²) < 4.78 is 0. The minimum atomic E-state index is -0.344. The molecule has 0 amide bonds. The van der Waals surface area contributed by atoms with Gasteiger partial charge >= 0.3 is 0 Å². The second kappa shape index (κ2) is 16.4. The Morgan fingerprint density at radius 1 is 0.300 bits per heavy atom. The summed E-state index contributed by atoms with van der Waals surface area (Å²) in [5, 5.41) is 3.61. The third kappa shape index (κ3) is 7.78. The van der Waals surface area contributed by atoms with E-state index in [0.29, 0.717) is 23.3 Å². The first-order chi connectivity index (χ1) is 29.7. The van der Waals surface area contributed by atoms with Crippen molar-refractivity contribution >= 4 is 11.7 Å². The van der Waals surface area contributed by atoms with E-state index in [4.69, 9.17) is 24.9 Å². The van der Waals surface area contributed by atoms with Crippen LogP contribution in [0.4, 0.5) is 0 Å². The van der Waals surface area contributed by atoms with E-state index < -0.39 is 0 Å². The fraction of sp³-hybridized carbons (Fsp3) is 0.0185. The first kappa shape index (κ1) is 36.3. The zero-order chi connectivity index (χ0) is 40.1. The van der Waals surface area contributed by atoms with Crippen LogP contribution in [0.25, 0.3) is 67.5 Å². The molecular formula is C54H38N6. The Morgan fingerprint density at radius 3 is 1.28 bits per heavy atom. The highest BCUT2D eigenvalue weighted by molar-refractivity contribution is 6.13. The van der Waals surface area contributed by atoms with Gasteiger partial charge in [0.25, 0.3) is 0 Å². The SMILES string of the molecule is c1ccc(C2=NC(c3cccc(-c4cccc(-c5nc(-c6ccccc6)nc(-c6cc(-c7ccccc7)cc(-c7ccccc7)c6)n5)c4)c3)NC(c3ccccc3)=N2)cc1. The number of hydrogen-bond donors (Lipinski definition) is 1. The van der Waals surface area contributed by atoms with E-state index in [0.717, 1.165) is 72.6 Å². The number of nitrogens with zero attached hydrogens (tertiary/aromatic N) is 5. The molecule has 0 fully saturated rings. The van der Waals surface area contributed by atoms with Gasteiger partial charge in [-0.25, -0.2) is 24.9 Å². The summed E-state index contributed by atoms with van der Waals surface area (Å²) in [7, 11) is 0. The topological polar surface area (TPSA) is 75.4 Å². The summed E-state index contributed by atoms with van der Waals surface area (Å²) in [6, 6.07) is 74.9. The molecule has 1 atom stereocenters. The number of aliphatic imine (C=N–C) groups is 2. The lowest BCUT2D eigenvalue weighted by atomic mass is 9.96. The molecule has 60 heavy (non-hydrogen) atoms. The van der Waals surface area contributed by atoms with Gasteiger partial charge in [0.15, 0.2) is 23.3 Å². The van der Waals surface area contributed by atoms with Crippen LogP contribution in [-0.2, 0) is 0 Å². The fourth-order valence-corrected chi connectivity index (χ4v) is 7.51. The largest absolute Gasteiger partial charge is 0.344 e. The van der Waals surface area contributed by atoms with Gasteiger partial charge < -0.3 is 5.32 Å². The van der Waals surface area contributed by atoms with Gasteiger partial charge in [-0.05, 0) is 69.3 Å². The molecule has 0 spiro atoms. The summed E-state index contributed by atoms with van der Waals surface area (Å²) >= 11 is 0. The molecule has 1 unspecified atom stereocenters. The Labute approximate surface area is 349 Å². The lowest BCUT2D eigenvalue weighted by Gasteiger charge is -2.24. The van der Waals surface area contributed by atoms with Crippen molar-refractivity contribution in [1.82, 2.24) is 20.3 Å². The molecule has 0 saturated carbocycles. The first-order valence-electron chi connectivity index (χ1n) is 20.0. The van der Waals surface area contributed by atoms with Crippen molar-refractivity contribution in [3.63, 3.8) is 0 Å². The lowest BCUT2D eigenvalue weighted by molar-refractivity contribution is 0.674. The number of amidine groups is 2. The van der Waals surface area contributed by atoms with Gasteiger partial charge in [-0.15, -0.1) is 0 Å². The molecule has 2 heterocycles. The number of aromatic nitrogens is 3. The molecule has 1 N–H and O–H groups in total. The van der Waals surface area contributed by atoms with E-state index in [2.05, 4.69) is 133 Å². The smallest absolute Gasteiger partial charge is 0.164 e. The zero-order valence-corrected chi connectivity index (χ0v) is 32.6. The highest BCUT2D eigenvalue weighted by atomic mass is 15.2. The van der Waals surface area contributed by atoms with Crippen LogP contribution in [0.1, 0.15) is 22.9 Å². The van der Waals surface area contributed by atoms with Gasteiger partial charge in [0.1, 0.15) is 12.0 Å². The summed E-state index contributed by atoms with van der Waals surface area (Å²) in [5.74, 6) is 3.29. The van der Waals surface area contributed by atoms with Gasteiger partial charge in [0.05, 0.1) is 0 Å². The summed E-state index contributed by atoms with van der Waals surface area (Å²) in [4.78, 5) is 25.5. The van der Waals surface area contributed by atoms with E-state index in [9.17, 15) is 0 Å². The van der Waals surface area contributed by atoms with E-state index in [-0.39, 0.29) is 6.17 Å². The summed E-state index contributed by atoms with van der Waals surface area (Å²) in [6.45, 7) is 0. The Balaban J connectivity index is 1.05. The van der Waals surface area contributed by atoms with Crippen LogP contribution < -0.4 is 5.32 Å². The van der Waals surface area contributed by atoms with Crippen molar-refractivity contribution in [2.24, 2.45) is 9.98 Å². The van der Waals surface area contributed by atoms with Crippen LogP contribution in [0, 0.1) is 0 Å². The van der Waals surface area contributed by atoms with Gasteiger partial charge in [0, 0.05) is 27.8 Å². The van der Waals surface area contributed by atoms with E-state index >= 15 is 0 Å². The van der Waals surface area contributed by atoms with Crippen molar-refractivity contribution in [2.45, 2.75) is 6.17 Å². The van der Waals surface area contributed by atoms with Crippen LogP contribution in [0.2, 0.25) is 0 Å². The molecule has 0 radical (unpaired) electrons. The normalized spacial score (nSPS) is 13.5. The van der Waals surface area contributed by atoms with E-state index in [1.54, 1.807) is 0 Å². The molecule has 284 valence electrons. The molecule has 10 rings (SSSR count). The van der Waals surface area contributed by atoms with Crippen molar-refractivity contribution in [3.8, 4) is 67.5 Å². The van der Waals surface area contributed by atoms with Gasteiger partial charge in [-0.2, -0.15) is 0 Å². The molecular weight excluding hydrogens is 733 g/mol. The molecule has 6 nitrogen and oxygen atoms in total. The van der Waals surface area contributed by atoms with E-state index in [1.807, 2.05) is 91.0 Å². The third-order valence-electron chi connectivity index (χ3n) is 10.6. The van der Waals surface area contributed by atoms with Crippen molar-refractivity contribution in [1.29, 1.82) is 0 Å². The average molecular weight is 771 g/mol. The molecule has 8 aromatic carbocycles. The monoisotopic (exact) mass is 770 g/mol. The number of nitrogens with one attached hydrogen (secondary N) is 1. The molecule has 1 aliphatic heterocycles. The van der Waals surface area contributed by atoms with Crippen LogP contribution in [-0.4, -0.2) is 26.6 Å². The van der Waals surface area contributed by atoms with Crippen molar-refractivity contribution in [2.75, 3.05) is 0 Å². The highest BCUT2D eigenvalue weighted by Gasteiger charge is 2.22. The minimum absolute atomic E-state index is 0.344. The molecule has 1 aliphatic rings. The zero-order valence-electron chi connectivity index (χ0n) is 32.6. The van der Waals surface area contributed by atoms with Crippen LogP contribution >= 0.6 is 0 Å². The summed E-state index contributed by atoms with van der Waals surface area (Å²) in [6.07, 6.45) is -0.344. The Bertz CT molecular complexity index is 2930. The molecule has 0 saturated heterocycles. The molecule has 6 heteroatoms. The standard InChI is InChI=1S/C54H38N6/c1-6-18-37(19-7-1)46-34-47(38-20-8-2-9-21-38)36-48(35-46)54-59-51(41-26-14-5-15-27-41)58-53(60-54)45-31-17-29-43(33-45)42-28-16-30-44(32-42)52-56-49(39-22-10-3-11-23-39)55-50(57-52)40-24-12-4-13-25-40/h1-36,52H,(H,55,56,57). The quantitative estimate of drug-likeness (QED) is 0.159. The van der Waals surface area contributed by atoms with Crippen molar-refractivity contribution in [3.05, 3.63) is 235 Å². The predicted octanol–water partition coefficient (Wildman–Crippen LogP) is 12.4. The highest BCUT2D eigenvalue weighted by Crippen LogP contribution is 2.34.